The van der Waals surface area contributed by atoms with E-state index in [2.05, 4.69) is 5.10 Å². The van der Waals surface area contributed by atoms with Crippen LogP contribution in [-0.4, -0.2) is 21.5 Å². The van der Waals surface area contributed by atoms with Gasteiger partial charge in [-0.1, -0.05) is 11.6 Å². The lowest BCUT2D eigenvalue weighted by Crippen LogP contribution is -1.98. The molecule has 4 heteroatoms. The highest BCUT2D eigenvalue weighted by Gasteiger charge is 1.93. The van der Waals surface area contributed by atoms with E-state index in [9.17, 15) is 0 Å². The Labute approximate surface area is 70.6 Å². The minimum Gasteiger partial charge on any atom is -0.396 e. The molecular formula is C7H11ClN2O. The summed E-state index contributed by atoms with van der Waals surface area (Å²) in [6, 6.07) is 0. The molecule has 1 aromatic rings. The van der Waals surface area contributed by atoms with Gasteiger partial charge in [-0.2, -0.15) is 5.10 Å². The fourth-order valence-electron chi connectivity index (χ4n) is 0.846. The topological polar surface area (TPSA) is 38.0 Å². The summed E-state index contributed by atoms with van der Waals surface area (Å²) in [5, 5.41) is 13.1. The zero-order chi connectivity index (χ0) is 8.10. The second-order valence-corrected chi connectivity index (χ2v) is 2.79. The first-order valence-corrected chi connectivity index (χ1v) is 3.99. The highest BCUT2D eigenvalue weighted by molar-refractivity contribution is 6.30. The van der Waals surface area contributed by atoms with Crippen molar-refractivity contribution in [2.75, 3.05) is 6.61 Å². The maximum absolute atomic E-state index is 8.49. The molecule has 1 aromatic heterocycles. The third-order valence-corrected chi connectivity index (χ3v) is 1.59. The number of hydrogen-bond donors (Lipinski definition) is 1. The largest absolute Gasteiger partial charge is 0.396 e. The predicted molar refractivity (Wildman–Crippen MR) is 43.6 cm³/mol. The molecule has 0 amide bonds. The van der Waals surface area contributed by atoms with Gasteiger partial charge in [-0.3, -0.25) is 4.68 Å². The molecule has 0 aliphatic carbocycles. The van der Waals surface area contributed by atoms with Crippen LogP contribution < -0.4 is 0 Å². The van der Waals surface area contributed by atoms with E-state index in [1.165, 1.54) is 0 Å². The highest BCUT2D eigenvalue weighted by Crippen LogP contribution is 2.05. The van der Waals surface area contributed by atoms with E-state index in [1.807, 2.05) is 0 Å². The molecule has 1 rings (SSSR count). The van der Waals surface area contributed by atoms with Crippen molar-refractivity contribution in [1.29, 1.82) is 0 Å². The summed E-state index contributed by atoms with van der Waals surface area (Å²) >= 11 is 5.64. The van der Waals surface area contributed by atoms with Crippen molar-refractivity contribution >= 4 is 11.6 Å². The molecule has 11 heavy (non-hydrogen) atoms. The molecule has 0 spiro atoms. The van der Waals surface area contributed by atoms with E-state index < -0.39 is 0 Å². The van der Waals surface area contributed by atoms with Gasteiger partial charge in [0.25, 0.3) is 0 Å². The Hall–Kier alpha value is -0.540. The van der Waals surface area contributed by atoms with E-state index in [-0.39, 0.29) is 6.61 Å². The van der Waals surface area contributed by atoms with Crippen molar-refractivity contribution in [3.63, 3.8) is 0 Å². The normalized spacial score (nSPS) is 10.4. The predicted octanol–water partition coefficient (Wildman–Crippen LogP) is 1.31. The zero-order valence-corrected chi connectivity index (χ0v) is 6.96. The van der Waals surface area contributed by atoms with Crippen LogP contribution in [0.15, 0.2) is 12.4 Å². The van der Waals surface area contributed by atoms with Crippen LogP contribution in [0.4, 0.5) is 0 Å². The smallest absolute Gasteiger partial charge is 0.0785 e. The number of unbranched alkanes of at least 4 members (excludes halogenated alkanes) is 1. The van der Waals surface area contributed by atoms with Gasteiger partial charge in [0.05, 0.1) is 11.2 Å². The van der Waals surface area contributed by atoms with Crippen molar-refractivity contribution in [3.05, 3.63) is 17.4 Å². The van der Waals surface area contributed by atoms with Crippen molar-refractivity contribution in [2.24, 2.45) is 0 Å². The van der Waals surface area contributed by atoms with Crippen LogP contribution in [0.1, 0.15) is 12.8 Å². The molecule has 62 valence electrons. The van der Waals surface area contributed by atoms with Gasteiger partial charge < -0.3 is 5.11 Å². The van der Waals surface area contributed by atoms with Gasteiger partial charge >= 0.3 is 0 Å². The van der Waals surface area contributed by atoms with Gasteiger partial charge in [-0.05, 0) is 12.8 Å². The number of aliphatic hydroxyl groups excluding tert-OH is 1. The van der Waals surface area contributed by atoms with E-state index >= 15 is 0 Å². The third-order valence-electron chi connectivity index (χ3n) is 1.40. The summed E-state index contributed by atoms with van der Waals surface area (Å²) in [6.07, 6.45) is 5.14. The van der Waals surface area contributed by atoms with Crippen LogP contribution in [0.5, 0.6) is 0 Å². The number of halogens is 1. The van der Waals surface area contributed by atoms with Gasteiger partial charge in [0.2, 0.25) is 0 Å². The Kier molecular flexibility index (Phi) is 3.39. The number of aromatic nitrogens is 2. The molecule has 0 radical (unpaired) electrons. The minimum absolute atomic E-state index is 0.245. The van der Waals surface area contributed by atoms with Gasteiger partial charge in [0.1, 0.15) is 0 Å². The molecule has 0 aliphatic heterocycles. The van der Waals surface area contributed by atoms with E-state index in [4.69, 9.17) is 16.7 Å². The molecule has 0 atom stereocenters. The Balaban J connectivity index is 2.27. The molecule has 0 aromatic carbocycles. The molecule has 1 N–H and O–H groups in total. The lowest BCUT2D eigenvalue weighted by molar-refractivity contribution is 0.280. The quantitative estimate of drug-likeness (QED) is 0.699. The lowest BCUT2D eigenvalue weighted by atomic mass is 10.3. The molecule has 0 unspecified atom stereocenters. The average molecular weight is 175 g/mol. The zero-order valence-electron chi connectivity index (χ0n) is 6.20. The number of rotatable bonds is 4. The van der Waals surface area contributed by atoms with Crippen LogP contribution in [0.25, 0.3) is 0 Å². The lowest BCUT2D eigenvalue weighted by Gasteiger charge is -1.97. The second kappa shape index (κ2) is 4.36. The molecule has 0 saturated heterocycles. The minimum atomic E-state index is 0.245. The van der Waals surface area contributed by atoms with Crippen LogP contribution in [0.2, 0.25) is 5.02 Å². The highest BCUT2D eigenvalue weighted by atomic mass is 35.5. The van der Waals surface area contributed by atoms with Gasteiger partial charge in [-0.25, -0.2) is 0 Å². The first-order chi connectivity index (χ1) is 5.33. The maximum Gasteiger partial charge on any atom is 0.0785 e. The third kappa shape index (κ3) is 2.91. The Morgan fingerprint density at radius 2 is 2.36 bits per heavy atom. The number of aliphatic hydroxyl groups is 1. The monoisotopic (exact) mass is 174 g/mol. The molecule has 0 saturated carbocycles. The molecular weight excluding hydrogens is 164 g/mol. The second-order valence-electron chi connectivity index (χ2n) is 2.35. The van der Waals surface area contributed by atoms with Gasteiger partial charge in [0, 0.05) is 19.3 Å². The maximum atomic E-state index is 8.49. The first-order valence-electron chi connectivity index (χ1n) is 3.62. The Morgan fingerprint density at radius 3 is 2.91 bits per heavy atom. The Morgan fingerprint density at radius 1 is 1.55 bits per heavy atom. The first kappa shape index (κ1) is 8.56. The SMILES string of the molecule is OCCCCn1cc(Cl)cn1. The number of nitrogens with zero attached hydrogens (tertiary/aromatic N) is 2. The van der Waals surface area contributed by atoms with E-state index in [1.54, 1.807) is 17.1 Å². The average Bonchev–Trinajstić information content (AvgIpc) is 2.37. The van der Waals surface area contributed by atoms with Crippen molar-refractivity contribution in [3.8, 4) is 0 Å². The summed E-state index contributed by atoms with van der Waals surface area (Å²) in [7, 11) is 0. The molecule has 0 fully saturated rings. The van der Waals surface area contributed by atoms with Crippen LogP contribution in [0, 0.1) is 0 Å². The number of hydrogen-bond acceptors (Lipinski definition) is 2. The van der Waals surface area contributed by atoms with Gasteiger partial charge in [-0.15, -0.1) is 0 Å². The molecule has 0 aliphatic rings. The summed E-state index contributed by atoms with van der Waals surface area (Å²) in [4.78, 5) is 0. The summed E-state index contributed by atoms with van der Waals surface area (Å²) in [5.41, 5.74) is 0. The van der Waals surface area contributed by atoms with Gasteiger partial charge in [0.15, 0.2) is 0 Å². The fourth-order valence-corrected chi connectivity index (χ4v) is 1.00. The fraction of sp³-hybridized carbons (Fsp3) is 0.571. The Bertz CT molecular complexity index is 212. The van der Waals surface area contributed by atoms with E-state index in [0.717, 1.165) is 19.4 Å². The van der Waals surface area contributed by atoms with Crippen molar-refractivity contribution in [2.45, 2.75) is 19.4 Å². The summed E-state index contributed by atoms with van der Waals surface area (Å²) in [6.45, 7) is 1.07. The van der Waals surface area contributed by atoms with Crippen LogP contribution >= 0.6 is 11.6 Å². The van der Waals surface area contributed by atoms with E-state index in [0.29, 0.717) is 5.02 Å². The van der Waals surface area contributed by atoms with Crippen molar-refractivity contribution in [1.82, 2.24) is 9.78 Å². The summed E-state index contributed by atoms with van der Waals surface area (Å²) < 4.78 is 1.78. The van der Waals surface area contributed by atoms with Crippen molar-refractivity contribution < 1.29 is 5.11 Å². The van der Waals surface area contributed by atoms with Crippen LogP contribution in [0.3, 0.4) is 0 Å². The molecule has 3 nitrogen and oxygen atoms in total. The summed E-state index contributed by atoms with van der Waals surface area (Å²) in [5.74, 6) is 0. The number of aryl methyl sites for hydroxylation is 1. The molecule has 1 heterocycles. The van der Waals surface area contributed by atoms with Crippen LogP contribution in [-0.2, 0) is 6.54 Å². The standard InChI is InChI=1S/C7H11ClN2O/c8-7-5-9-10(6-7)3-1-2-4-11/h5-6,11H,1-4H2. The molecule has 0 bridgehead atoms.